The summed E-state index contributed by atoms with van der Waals surface area (Å²) in [4.78, 5) is 24.1. The van der Waals surface area contributed by atoms with E-state index in [2.05, 4.69) is 15.3 Å². The summed E-state index contributed by atoms with van der Waals surface area (Å²) in [5.41, 5.74) is 1.08. The van der Waals surface area contributed by atoms with Crippen molar-refractivity contribution in [3.63, 3.8) is 0 Å². The number of rotatable bonds is 7. The predicted octanol–water partition coefficient (Wildman–Crippen LogP) is 4.83. The zero-order chi connectivity index (χ0) is 23.9. The zero-order valence-corrected chi connectivity index (χ0v) is 20.4. The number of nitrogens with one attached hydrogen (secondary N) is 1. The monoisotopic (exact) mass is 500 g/mol. The summed E-state index contributed by atoms with van der Waals surface area (Å²) < 4.78 is 32.3. The Morgan fingerprint density at radius 2 is 1.91 bits per heavy atom. The molecule has 0 radical (unpaired) electrons. The number of amides is 1. The van der Waals surface area contributed by atoms with Crippen molar-refractivity contribution in [2.75, 3.05) is 18.5 Å². The van der Waals surface area contributed by atoms with Crippen LogP contribution in [0.4, 0.5) is 20.7 Å². The first-order valence-electron chi connectivity index (χ1n) is 12.3. The van der Waals surface area contributed by atoms with Crippen LogP contribution in [-0.4, -0.2) is 63.7 Å². The molecule has 2 aliphatic carbocycles. The summed E-state index contributed by atoms with van der Waals surface area (Å²) >= 11 is 1.72. The number of anilines is 2. The van der Waals surface area contributed by atoms with Gasteiger partial charge in [0.15, 0.2) is 0 Å². The number of carbonyl (C=O) groups excluding carboxylic acids is 1. The van der Waals surface area contributed by atoms with E-state index in [1.54, 1.807) is 23.9 Å². The fourth-order valence-corrected chi connectivity index (χ4v) is 5.74. The Morgan fingerprint density at radius 3 is 2.60 bits per heavy atom. The summed E-state index contributed by atoms with van der Waals surface area (Å²) in [5.74, 6) is 0.654. The molecule has 2 saturated heterocycles. The summed E-state index contributed by atoms with van der Waals surface area (Å²) in [6, 6.07) is 5.09. The van der Waals surface area contributed by atoms with Crippen LogP contribution in [0.3, 0.4) is 0 Å². The van der Waals surface area contributed by atoms with E-state index in [4.69, 9.17) is 14.2 Å². The highest BCUT2D eigenvalue weighted by molar-refractivity contribution is 8.00. The molecule has 4 fully saturated rings. The minimum Gasteiger partial charge on any atom is -0.474 e. The van der Waals surface area contributed by atoms with E-state index in [-0.39, 0.29) is 36.2 Å². The lowest BCUT2D eigenvalue weighted by Crippen LogP contribution is -2.61. The number of hydrogen-bond donors (Lipinski definition) is 1. The molecule has 2 atom stereocenters. The largest absolute Gasteiger partial charge is 0.474 e. The number of aromatic nitrogens is 2. The molecule has 3 heterocycles. The molecule has 6 rings (SSSR count). The number of piperidine rings is 1. The smallest absolute Gasteiger partial charge is 0.410 e. The van der Waals surface area contributed by atoms with Crippen molar-refractivity contribution in [1.82, 2.24) is 14.9 Å². The van der Waals surface area contributed by atoms with Gasteiger partial charge >= 0.3 is 6.09 Å². The number of carbonyl (C=O) groups is 1. The second-order valence-corrected chi connectivity index (χ2v) is 11.2. The number of fused-ring (bicyclic) bond motifs is 2. The topological polar surface area (TPSA) is 85.8 Å². The lowest BCUT2D eigenvalue weighted by atomic mass is 9.92. The van der Waals surface area contributed by atoms with Crippen LogP contribution in [0.25, 0.3) is 0 Å². The molecule has 0 spiro atoms. The Kier molecular flexibility index (Phi) is 6.18. The molecule has 2 unspecified atom stereocenters. The predicted molar refractivity (Wildman–Crippen MR) is 129 cm³/mol. The van der Waals surface area contributed by atoms with Crippen LogP contribution in [-0.2, 0) is 9.47 Å². The van der Waals surface area contributed by atoms with Crippen molar-refractivity contribution in [2.24, 2.45) is 0 Å². The van der Waals surface area contributed by atoms with Gasteiger partial charge in [-0.2, -0.15) is 0 Å². The molecule has 2 aliphatic heterocycles. The average Bonchev–Trinajstić information content (AvgIpc) is 3.75. The molecule has 1 aromatic carbocycles. The number of benzene rings is 1. The van der Waals surface area contributed by atoms with E-state index in [0.29, 0.717) is 54.3 Å². The van der Waals surface area contributed by atoms with Crippen LogP contribution in [0.1, 0.15) is 44.1 Å². The van der Waals surface area contributed by atoms with Crippen LogP contribution < -0.4 is 10.1 Å². The third kappa shape index (κ3) is 5.18. The standard InChI is InChI=1S/C25H29FN4O4S/c1-14-23(29-22-7-6-20(10-21(22)26)35-19-4-5-19)27-13-28-24(14)33-18-8-15-11-32-12-16(9-18)30(15)25(31)34-17-2-3-17/h6-7,10,13,15-19H,2-5,8-9,11-12H2,1H3,(H,27,28,29). The Hall–Kier alpha value is -2.59. The zero-order valence-electron chi connectivity index (χ0n) is 19.6. The molecule has 10 heteroatoms. The van der Waals surface area contributed by atoms with Crippen molar-refractivity contribution in [2.45, 2.75) is 79.9 Å². The minimum atomic E-state index is -0.311. The third-order valence-electron chi connectivity index (χ3n) is 6.82. The van der Waals surface area contributed by atoms with Gasteiger partial charge in [0.2, 0.25) is 5.88 Å². The maximum absolute atomic E-state index is 14.7. The van der Waals surface area contributed by atoms with Gasteiger partial charge in [0.1, 0.15) is 30.2 Å². The second-order valence-electron chi connectivity index (χ2n) is 9.78. The van der Waals surface area contributed by atoms with Gasteiger partial charge in [-0.25, -0.2) is 19.2 Å². The SMILES string of the molecule is Cc1c(Nc2ccc(SC3CC3)cc2F)ncnc1OC1CC2COCC(C1)N2C(=O)OC1CC1. The highest BCUT2D eigenvalue weighted by Crippen LogP contribution is 2.40. The summed E-state index contributed by atoms with van der Waals surface area (Å²) in [6.45, 7) is 2.80. The van der Waals surface area contributed by atoms with Crippen molar-refractivity contribution in [3.05, 3.63) is 35.9 Å². The summed E-state index contributed by atoms with van der Waals surface area (Å²) in [5, 5.41) is 3.72. The van der Waals surface area contributed by atoms with Crippen LogP contribution in [0.2, 0.25) is 0 Å². The quantitative estimate of drug-likeness (QED) is 0.579. The van der Waals surface area contributed by atoms with Gasteiger partial charge in [-0.1, -0.05) is 0 Å². The molecule has 1 N–H and O–H groups in total. The molecule has 4 aliphatic rings. The minimum absolute atomic E-state index is 0.0747. The highest BCUT2D eigenvalue weighted by Gasteiger charge is 2.44. The third-order valence-corrected chi connectivity index (χ3v) is 8.15. The van der Waals surface area contributed by atoms with Gasteiger partial charge in [-0.15, -0.1) is 11.8 Å². The van der Waals surface area contributed by atoms with Crippen LogP contribution in [0, 0.1) is 12.7 Å². The number of halogens is 1. The van der Waals surface area contributed by atoms with E-state index in [0.717, 1.165) is 17.7 Å². The van der Waals surface area contributed by atoms with E-state index in [1.807, 2.05) is 17.9 Å². The maximum Gasteiger partial charge on any atom is 0.410 e. The summed E-state index contributed by atoms with van der Waals surface area (Å²) in [7, 11) is 0. The van der Waals surface area contributed by atoms with Crippen molar-refractivity contribution in [3.8, 4) is 5.88 Å². The Morgan fingerprint density at radius 1 is 1.14 bits per heavy atom. The van der Waals surface area contributed by atoms with Crippen LogP contribution >= 0.6 is 11.8 Å². The molecular formula is C25H29FN4O4S. The van der Waals surface area contributed by atoms with Gasteiger partial charge in [-0.3, -0.25) is 4.90 Å². The van der Waals surface area contributed by atoms with Gasteiger partial charge in [0, 0.05) is 23.0 Å². The number of ether oxygens (including phenoxy) is 3. The molecular weight excluding hydrogens is 471 g/mol. The van der Waals surface area contributed by atoms with Crippen LogP contribution in [0.5, 0.6) is 5.88 Å². The average molecular weight is 501 g/mol. The number of hydrogen-bond acceptors (Lipinski definition) is 8. The molecule has 1 aromatic heterocycles. The van der Waals surface area contributed by atoms with Gasteiger partial charge < -0.3 is 19.5 Å². The number of morpholine rings is 1. The number of thioether (sulfide) groups is 1. The molecule has 1 amide bonds. The molecule has 2 aromatic rings. The van der Waals surface area contributed by atoms with E-state index in [9.17, 15) is 9.18 Å². The Labute approximate surface area is 207 Å². The first-order chi connectivity index (χ1) is 17.0. The fourth-order valence-electron chi connectivity index (χ4n) is 4.66. The molecule has 35 heavy (non-hydrogen) atoms. The molecule has 8 nitrogen and oxygen atoms in total. The highest BCUT2D eigenvalue weighted by atomic mass is 32.2. The molecule has 2 bridgehead atoms. The van der Waals surface area contributed by atoms with E-state index in [1.165, 1.54) is 19.2 Å². The number of nitrogens with zero attached hydrogens (tertiary/aromatic N) is 3. The van der Waals surface area contributed by atoms with E-state index >= 15 is 0 Å². The lowest BCUT2D eigenvalue weighted by molar-refractivity contribution is -0.0915. The maximum atomic E-state index is 14.7. The molecule has 2 saturated carbocycles. The van der Waals surface area contributed by atoms with Crippen molar-refractivity contribution < 1.29 is 23.4 Å². The normalized spacial score (nSPS) is 25.8. The van der Waals surface area contributed by atoms with Gasteiger partial charge in [0.05, 0.1) is 36.5 Å². The van der Waals surface area contributed by atoms with Gasteiger partial charge in [-0.05, 0) is 50.8 Å². The molecule has 186 valence electrons. The van der Waals surface area contributed by atoms with E-state index < -0.39 is 0 Å². The van der Waals surface area contributed by atoms with Gasteiger partial charge in [0.25, 0.3) is 0 Å². The Bertz CT molecular complexity index is 1100. The fraction of sp³-hybridized carbons (Fsp3) is 0.560. The second kappa shape index (κ2) is 9.46. The Balaban J connectivity index is 1.13. The summed E-state index contributed by atoms with van der Waals surface area (Å²) in [6.07, 6.45) is 6.72. The first-order valence-corrected chi connectivity index (χ1v) is 13.2. The van der Waals surface area contributed by atoms with Crippen molar-refractivity contribution in [1.29, 1.82) is 0 Å². The van der Waals surface area contributed by atoms with Crippen LogP contribution in [0.15, 0.2) is 29.4 Å². The van der Waals surface area contributed by atoms with Crippen molar-refractivity contribution >= 4 is 29.4 Å². The first kappa shape index (κ1) is 22.8. The lowest BCUT2D eigenvalue weighted by Gasteiger charge is -2.47.